The van der Waals surface area contributed by atoms with Crippen LogP contribution in [0.1, 0.15) is 25.3 Å². The molecule has 0 aliphatic carbocycles. The fraction of sp³-hybridized carbons (Fsp3) is 0.385. The second-order valence-electron chi connectivity index (χ2n) is 3.97. The monoisotopic (exact) mass is 218 g/mol. The Kier molecular flexibility index (Phi) is 3.75. The van der Waals surface area contributed by atoms with E-state index in [0.717, 1.165) is 6.61 Å². The van der Waals surface area contributed by atoms with E-state index in [9.17, 15) is 0 Å². The maximum absolute atomic E-state index is 5.96. The molecule has 2 rings (SSSR count). The van der Waals surface area contributed by atoms with Gasteiger partial charge in [0.15, 0.2) is 0 Å². The van der Waals surface area contributed by atoms with Crippen LogP contribution in [0.3, 0.4) is 0 Å². The molecule has 1 atom stereocenters. The summed E-state index contributed by atoms with van der Waals surface area (Å²) in [5, 5.41) is 1.48. The van der Waals surface area contributed by atoms with Gasteiger partial charge in [-0.1, -0.05) is 42.8 Å². The van der Waals surface area contributed by atoms with Crippen molar-refractivity contribution in [3.05, 3.63) is 42.0 Å². The predicted octanol–water partition coefficient (Wildman–Crippen LogP) is 3.16. The van der Waals surface area contributed by atoms with E-state index >= 15 is 0 Å². The molecule has 1 aromatic carbocycles. The maximum atomic E-state index is 5.96. The third-order valence-electron chi connectivity index (χ3n) is 2.94. The molecule has 1 aliphatic rings. The van der Waals surface area contributed by atoms with Gasteiger partial charge in [-0.15, -0.1) is 0 Å². The molecule has 80 valence electrons. The third kappa shape index (κ3) is 2.58. The molecule has 0 bridgehead atoms. The first-order valence-corrected chi connectivity index (χ1v) is 7.61. The van der Waals surface area contributed by atoms with Crippen molar-refractivity contribution in [1.29, 1.82) is 0 Å². The van der Waals surface area contributed by atoms with Gasteiger partial charge < -0.3 is 4.43 Å². The van der Waals surface area contributed by atoms with Gasteiger partial charge in [0.2, 0.25) is 9.04 Å². The standard InChI is InChI=1S/C13H18OSi/c1-2-13(12-8-4-3-5-9-12)15-11-7-6-10-14-15/h2-5,8-9,15H,6-7,10-11H2,1H3/b13-2-. The third-order valence-corrected chi connectivity index (χ3v) is 5.88. The summed E-state index contributed by atoms with van der Waals surface area (Å²) in [4.78, 5) is 0. The Balaban J connectivity index is 2.17. The van der Waals surface area contributed by atoms with Crippen LogP contribution in [0.5, 0.6) is 0 Å². The zero-order valence-electron chi connectivity index (χ0n) is 9.28. The second-order valence-corrected chi connectivity index (χ2v) is 6.48. The topological polar surface area (TPSA) is 9.23 Å². The number of rotatable bonds is 2. The van der Waals surface area contributed by atoms with E-state index in [-0.39, 0.29) is 0 Å². The van der Waals surface area contributed by atoms with Crippen LogP contribution in [0, 0.1) is 0 Å². The summed E-state index contributed by atoms with van der Waals surface area (Å²) in [6.45, 7) is 3.11. The lowest BCUT2D eigenvalue weighted by atomic mass is 10.2. The predicted molar refractivity (Wildman–Crippen MR) is 67.2 cm³/mol. The van der Waals surface area contributed by atoms with Crippen LogP contribution >= 0.6 is 0 Å². The summed E-state index contributed by atoms with van der Waals surface area (Å²) < 4.78 is 5.96. The summed E-state index contributed by atoms with van der Waals surface area (Å²) in [5.74, 6) is 0. The SMILES string of the molecule is C/C=C(/c1ccccc1)[SiH]1CCCCO1. The number of hydrogen-bond donors (Lipinski definition) is 0. The van der Waals surface area contributed by atoms with Gasteiger partial charge in [0, 0.05) is 6.61 Å². The van der Waals surface area contributed by atoms with Crippen molar-refractivity contribution in [1.82, 2.24) is 0 Å². The lowest BCUT2D eigenvalue weighted by Gasteiger charge is -2.23. The quantitative estimate of drug-likeness (QED) is 0.693. The normalized spacial score (nSPS) is 22.7. The Morgan fingerprint density at radius 1 is 1.27 bits per heavy atom. The lowest BCUT2D eigenvalue weighted by molar-refractivity contribution is 0.295. The van der Waals surface area contributed by atoms with Crippen LogP contribution in [-0.2, 0) is 4.43 Å². The Labute approximate surface area is 93.5 Å². The largest absolute Gasteiger partial charge is 0.415 e. The average Bonchev–Trinajstić information content (AvgIpc) is 2.33. The Morgan fingerprint density at radius 2 is 2.07 bits per heavy atom. The molecule has 2 heteroatoms. The molecular weight excluding hydrogens is 200 g/mol. The number of hydrogen-bond acceptors (Lipinski definition) is 1. The minimum absolute atomic E-state index is 0.973. The molecular formula is C13H18OSi. The molecule has 1 unspecified atom stereocenters. The highest BCUT2D eigenvalue weighted by atomic mass is 28.3. The van der Waals surface area contributed by atoms with Gasteiger partial charge in [-0.25, -0.2) is 0 Å². The van der Waals surface area contributed by atoms with Crippen LogP contribution in [0.25, 0.3) is 5.20 Å². The van der Waals surface area contributed by atoms with Crippen LogP contribution in [0.2, 0.25) is 6.04 Å². The Morgan fingerprint density at radius 3 is 2.67 bits per heavy atom. The summed E-state index contributed by atoms with van der Waals surface area (Å²) in [6, 6.07) is 12.0. The maximum Gasteiger partial charge on any atom is 0.208 e. The van der Waals surface area contributed by atoms with E-state index in [1.165, 1.54) is 29.6 Å². The molecule has 15 heavy (non-hydrogen) atoms. The van der Waals surface area contributed by atoms with Crippen molar-refractivity contribution in [2.24, 2.45) is 0 Å². The molecule has 1 aromatic rings. The van der Waals surface area contributed by atoms with E-state index in [1.54, 1.807) is 0 Å². The van der Waals surface area contributed by atoms with Crippen molar-refractivity contribution in [3.63, 3.8) is 0 Å². The first-order valence-electron chi connectivity index (χ1n) is 5.75. The molecule has 0 N–H and O–H groups in total. The summed E-state index contributed by atoms with van der Waals surface area (Å²) in [5.41, 5.74) is 1.36. The van der Waals surface area contributed by atoms with Gasteiger partial charge >= 0.3 is 0 Å². The molecule has 0 radical (unpaired) electrons. The van der Waals surface area contributed by atoms with Crippen LogP contribution in [-0.4, -0.2) is 15.6 Å². The van der Waals surface area contributed by atoms with Crippen LogP contribution in [0.4, 0.5) is 0 Å². The highest BCUT2D eigenvalue weighted by molar-refractivity contribution is 6.73. The van der Waals surface area contributed by atoms with Crippen molar-refractivity contribution >= 4 is 14.2 Å². The molecule has 0 spiro atoms. The average molecular weight is 218 g/mol. The number of allylic oxidation sites excluding steroid dienone is 1. The van der Waals surface area contributed by atoms with Gasteiger partial charge in [0.1, 0.15) is 0 Å². The molecule has 1 fully saturated rings. The lowest BCUT2D eigenvalue weighted by Crippen LogP contribution is -2.25. The van der Waals surface area contributed by atoms with Gasteiger partial charge in [0.05, 0.1) is 0 Å². The minimum atomic E-state index is -1.11. The highest BCUT2D eigenvalue weighted by Crippen LogP contribution is 2.24. The number of benzene rings is 1. The first kappa shape index (κ1) is 10.6. The zero-order valence-corrected chi connectivity index (χ0v) is 10.4. The van der Waals surface area contributed by atoms with Crippen molar-refractivity contribution < 1.29 is 4.43 Å². The highest BCUT2D eigenvalue weighted by Gasteiger charge is 2.21. The van der Waals surface area contributed by atoms with Gasteiger partial charge in [0.25, 0.3) is 0 Å². The Bertz CT molecular complexity index is 326. The molecule has 0 saturated carbocycles. The van der Waals surface area contributed by atoms with E-state index < -0.39 is 9.04 Å². The second kappa shape index (κ2) is 5.28. The fourth-order valence-corrected chi connectivity index (χ4v) is 4.86. The molecule has 1 nitrogen and oxygen atoms in total. The van der Waals surface area contributed by atoms with Gasteiger partial charge in [-0.3, -0.25) is 0 Å². The summed E-state index contributed by atoms with van der Waals surface area (Å²) in [7, 11) is -1.11. The van der Waals surface area contributed by atoms with Gasteiger partial charge in [-0.2, -0.15) is 0 Å². The van der Waals surface area contributed by atoms with E-state index in [2.05, 4.69) is 43.3 Å². The van der Waals surface area contributed by atoms with E-state index in [1.807, 2.05) is 0 Å². The van der Waals surface area contributed by atoms with Crippen LogP contribution in [0.15, 0.2) is 36.4 Å². The first-order chi connectivity index (χ1) is 7.42. The van der Waals surface area contributed by atoms with Gasteiger partial charge in [-0.05, 0) is 30.1 Å². The van der Waals surface area contributed by atoms with Crippen molar-refractivity contribution in [2.75, 3.05) is 6.61 Å². The van der Waals surface area contributed by atoms with E-state index in [4.69, 9.17) is 4.43 Å². The zero-order chi connectivity index (χ0) is 10.5. The summed E-state index contributed by atoms with van der Waals surface area (Å²) >= 11 is 0. The molecule has 0 amide bonds. The van der Waals surface area contributed by atoms with Crippen molar-refractivity contribution in [2.45, 2.75) is 25.8 Å². The smallest absolute Gasteiger partial charge is 0.208 e. The van der Waals surface area contributed by atoms with Crippen LogP contribution < -0.4 is 0 Å². The molecule has 0 aromatic heterocycles. The minimum Gasteiger partial charge on any atom is -0.415 e. The molecule has 1 heterocycles. The summed E-state index contributed by atoms with van der Waals surface area (Å²) in [6.07, 6.45) is 4.84. The molecule has 1 aliphatic heterocycles. The van der Waals surface area contributed by atoms with E-state index in [0.29, 0.717) is 0 Å². The Hall–Kier alpha value is -0.863. The fourth-order valence-electron chi connectivity index (χ4n) is 2.16. The van der Waals surface area contributed by atoms with Crippen molar-refractivity contribution in [3.8, 4) is 0 Å². The molecule has 1 saturated heterocycles.